The van der Waals surface area contributed by atoms with Gasteiger partial charge < -0.3 is 5.32 Å². The number of likely N-dealkylation sites (N-methyl/N-ethyl adjacent to an activating group) is 1. The number of halogens is 1. The third kappa shape index (κ3) is 3.08. The second-order valence-corrected chi connectivity index (χ2v) is 7.16. The molecular formula is C15H20ClN3S. The molecular weight excluding hydrogens is 290 g/mol. The molecule has 3 nitrogen and oxygen atoms in total. The van der Waals surface area contributed by atoms with Crippen LogP contribution in [0.1, 0.15) is 48.3 Å². The quantitative estimate of drug-likeness (QED) is 0.896. The van der Waals surface area contributed by atoms with Crippen LogP contribution >= 0.6 is 22.9 Å². The Balaban J connectivity index is 1.69. The third-order valence-corrected chi connectivity index (χ3v) is 5.41. The Morgan fingerprint density at radius 3 is 2.85 bits per heavy atom. The monoisotopic (exact) mass is 309 g/mol. The van der Waals surface area contributed by atoms with Gasteiger partial charge in [0.1, 0.15) is 0 Å². The second-order valence-electron chi connectivity index (χ2n) is 5.41. The molecule has 1 aliphatic carbocycles. The summed E-state index contributed by atoms with van der Waals surface area (Å²) in [6.45, 7) is 0. The maximum absolute atomic E-state index is 6.03. The topological polar surface area (TPSA) is 29.9 Å². The lowest BCUT2D eigenvalue weighted by Gasteiger charge is -2.13. The summed E-state index contributed by atoms with van der Waals surface area (Å²) in [7, 11) is 1.99. The molecule has 3 rings (SSSR count). The van der Waals surface area contributed by atoms with Crippen molar-refractivity contribution >= 4 is 22.9 Å². The minimum atomic E-state index is 0.291. The molecule has 1 atom stereocenters. The van der Waals surface area contributed by atoms with Gasteiger partial charge in [0.15, 0.2) is 0 Å². The summed E-state index contributed by atoms with van der Waals surface area (Å²) in [5.74, 6) is 0. The van der Waals surface area contributed by atoms with Crippen molar-refractivity contribution in [1.29, 1.82) is 0 Å². The first-order chi connectivity index (χ1) is 9.76. The molecule has 0 aliphatic heterocycles. The molecule has 1 saturated carbocycles. The van der Waals surface area contributed by atoms with Crippen molar-refractivity contribution in [3.63, 3.8) is 0 Å². The van der Waals surface area contributed by atoms with E-state index >= 15 is 0 Å². The molecule has 1 unspecified atom stereocenters. The van der Waals surface area contributed by atoms with Crippen molar-refractivity contribution in [2.45, 2.75) is 44.2 Å². The number of hydrogen-bond donors (Lipinski definition) is 1. The number of aromatic nitrogens is 2. The van der Waals surface area contributed by atoms with Crippen LogP contribution < -0.4 is 5.32 Å². The molecule has 2 aromatic rings. The summed E-state index contributed by atoms with van der Waals surface area (Å²) in [6, 6.07) is 7.12. The summed E-state index contributed by atoms with van der Waals surface area (Å²) < 4.78 is 3.01. The highest BCUT2D eigenvalue weighted by molar-refractivity contribution is 7.16. The molecule has 1 fully saturated rings. The van der Waals surface area contributed by atoms with E-state index in [-0.39, 0.29) is 0 Å². The molecule has 0 saturated heterocycles. The smallest absolute Gasteiger partial charge is 0.0931 e. The maximum Gasteiger partial charge on any atom is 0.0931 e. The lowest BCUT2D eigenvalue weighted by molar-refractivity contribution is 0.459. The van der Waals surface area contributed by atoms with E-state index in [1.165, 1.54) is 30.6 Å². The van der Waals surface area contributed by atoms with Crippen LogP contribution in [0.3, 0.4) is 0 Å². The minimum absolute atomic E-state index is 0.291. The van der Waals surface area contributed by atoms with E-state index in [1.54, 1.807) is 11.3 Å². The first-order valence-corrected chi connectivity index (χ1v) is 8.42. The predicted molar refractivity (Wildman–Crippen MR) is 84.6 cm³/mol. The Kier molecular flexibility index (Phi) is 4.44. The van der Waals surface area contributed by atoms with E-state index in [1.807, 2.05) is 13.1 Å². The van der Waals surface area contributed by atoms with Crippen LogP contribution in [0.15, 0.2) is 24.4 Å². The first-order valence-electron chi connectivity index (χ1n) is 7.23. The fourth-order valence-electron chi connectivity index (χ4n) is 2.93. The van der Waals surface area contributed by atoms with Gasteiger partial charge in [0.2, 0.25) is 0 Å². The zero-order valence-electron chi connectivity index (χ0n) is 11.7. The summed E-state index contributed by atoms with van der Waals surface area (Å²) >= 11 is 7.67. The van der Waals surface area contributed by atoms with Crippen LogP contribution in [-0.4, -0.2) is 16.8 Å². The zero-order chi connectivity index (χ0) is 13.9. The van der Waals surface area contributed by atoms with Gasteiger partial charge in [-0.15, -0.1) is 11.3 Å². The van der Waals surface area contributed by atoms with Gasteiger partial charge >= 0.3 is 0 Å². The number of rotatable bonds is 5. The van der Waals surface area contributed by atoms with E-state index in [0.717, 1.165) is 16.5 Å². The van der Waals surface area contributed by atoms with Crippen molar-refractivity contribution in [1.82, 2.24) is 15.1 Å². The Morgan fingerprint density at radius 1 is 1.40 bits per heavy atom. The predicted octanol–water partition coefficient (Wildman–Crippen LogP) is 4.22. The minimum Gasteiger partial charge on any atom is -0.312 e. The third-order valence-electron chi connectivity index (χ3n) is 4.06. The van der Waals surface area contributed by atoms with E-state index in [9.17, 15) is 0 Å². The Morgan fingerprint density at radius 2 is 2.20 bits per heavy atom. The van der Waals surface area contributed by atoms with Gasteiger partial charge in [0.25, 0.3) is 0 Å². The zero-order valence-corrected chi connectivity index (χ0v) is 13.3. The van der Waals surface area contributed by atoms with E-state index in [2.05, 4.69) is 28.3 Å². The lowest BCUT2D eigenvalue weighted by Crippen LogP contribution is -2.18. The average Bonchev–Trinajstić information content (AvgIpc) is 3.16. The van der Waals surface area contributed by atoms with Gasteiger partial charge in [0, 0.05) is 23.5 Å². The van der Waals surface area contributed by atoms with Gasteiger partial charge in [-0.05, 0) is 38.1 Å². The van der Waals surface area contributed by atoms with Gasteiger partial charge in [-0.25, -0.2) is 0 Å². The SMILES string of the molecule is CNC(Cc1ccn(C2CCCC2)n1)c1ccc(Cl)s1. The largest absolute Gasteiger partial charge is 0.312 e. The molecule has 108 valence electrons. The van der Waals surface area contributed by atoms with Crippen molar-refractivity contribution in [3.8, 4) is 0 Å². The molecule has 2 aromatic heterocycles. The Bertz CT molecular complexity index is 557. The average molecular weight is 310 g/mol. The van der Waals surface area contributed by atoms with Crippen molar-refractivity contribution in [3.05, 3.63) is 39.3 Å². The summed E-state index contributed by atoms with van der Waals surface area (Å²) in [5.41, 5.74) is 1.15. The fraction of sp³-hybridized carbons (Fsp3) is 0.533. The molecule has 0 spiro atoms. The van der Waals surface area contributed by atoms with Crippen molar-refractivity contribution < 1.29 is 0 Å². The molecule has 0 bridgehead atoms. The highest BCUT2D eigenvalue weighted by Gasteiger charge is 2.19. The van der Waals surface area contributed by atoms with Crippen LogP contribution in [0.5, 0.6) is 0 Å². The first kappa shape index (κ1) is 14.1. The molecule has 2 heterocycles. The molecule has 20 heavy (non-hydrogen) atoms. The summed E-state index contributed by atoms with van der Waals surface area (Å²) in [4.78, 5) is 1.27. The van der Waals surface area contributed by atoms with E-state index in [4.69, 9.17) is 16.7 Å². The van der Waals surface area contributed by atoms with Gasteiger partial charge in [-0.3, -0.25) is 4.68 Å². The molecule has 1 aliphatic rings. The maximum atomic E-state index is 6.03. The van der Waals surface area contributed by atoms with Crippen LogP contribution in [0, 0.1) is 0 Å². The number of thiophene rings is 1. The molecule has 0 amide bonds. The number of nitrogens with one attached hydrogen (secondary N) is 1. The van der Waals surface area contributed by atoms with Crippen LogP contribution in [-0.2, 0) is 6.42 Å². The van der Waals surface area contributed by atoms with E-state index in [0.29, 0.717) is 12.1 Å². The van der Waals surface area contributed by atoms with Crippen LogP contribution in [0.4, 0.5) is 0 Å². The van der Waals surface area contributed by atoms with Gasteiger partial charge in [0.05, 0.1) is 16.1 Å². The Hall–Kier alpha value is -0.840. The van der Waals surface area contributed by atoms with Crippen molar-refractivity contribution in [2.24, 2.45) is 0 Å². The highest BCUT2D eigenvalue weighted by atomic mass is 35.5. The standard InChI is InChI=1S/C15H20ClN3S/c1-17-13(14-6-7-15(16)20-14)10-11-8-9-19(18-11)12-4-2-3-5-12/h6-9,12-13,17H,2-5,10H2,1H3. The Labute approximate surface area is 129 Å². The fourth-order valence-corrected chi connectivity index (χ4v) is 4.10. The molecule has 5 heteroatoms. The summed E-state index contributed by atoms with van der Waals surface area (Å²) in [5, 5.41) is 8.12. The summed E-state index contributed by atoms with van der Waals surface area (Å²) in [6.07, 6.45) is 8.28. The highest BCUT2D eigenvalue weighted by Crippen LogP contribution is 2.30. The molecule has 0 aromatic carbocycles. The van der Waals surface area contributed by atoms with Gasteiger partial charge in [-0.2, -0.15) is 5.10 Å². The van der Waals surface area contributed by atoms with Crippen LogP contribution in [0.25, 0.3) is 0 Å². The number of hydrogen-bond acceptors (Lipinski definition) is 3. The molecule has 1 N–H and O–H groups in total. The van der Waals surface area contributed by atoms with E-state index < -0.39 is 0 Å². The van der Waals surface area contributed by atoms with Crippen LogP contribution in [0.2, 0.25) is 4.34 Å². The van der Waals surface area contributed by atoms with Gasteiger partial charge in [-0.1, -0.05) is 24.4 Å². The molecule has 0 radical (unpaired) electrons. The normalized spacial score (nSPS) is 17.7. The van der Waals surface area contributed by atoms with Crippen molar-refractivity contribution in [2.75, 3.05) is 7.05 Å². The second kappa shape index (κ2) is 6.29. The number of nitrogens with zero attached hydrogens (tertiary/aromatic N) is 2. The lowest BCUT2D eigenvalue weighted by atomic mass is 10.1.